The van der Waals surface area contributed by atoms with Crippen molar-refractivity contribution in [2.24, 2.45) is 0 Å². The number of fused-ring (bicyclic) bond motifs is 11. The molecule has 0 unspecified atom stereocenters. The third-order valence-corrected chi connectivity index (χ3v) is 15.7. The van der Waals surface area contributed by atoms with Gasteiger partial charge in [-0.2, -0.15) is 0 Å². The molecule has 98 heavy (non-hydrogen) atoms. The van der Waals surface area contributed by atoms with Gasteiger partial charge in [-0.1, -0.05) is 285 Å². The highest BCUT2D eigenvalue weighted by Crippen LogP contribution is 2.23. The Labute approximate surface area is 569 Å². The van der Waals surface area contributed by atoms with Gasteiger partial charge in [0.1, 0.15) is 6.33 Å². The molecule has 20 rings (SSSR count). The molecule has 0 fully saturated rings. The van der Waals surface area contributed by atoms with Crippen LogP contribution in [-0.2, 0) is 0 Å². The second kappa shape index (κ2) is 34.6. The van der Waals surface area contributed by atoms with Gasteiger partial charge >= 0.3 is 0 Å². The van der Waals surface area contributed by atoms with Crippen molar-refractivity contribution in [3.8, 4) is 0 Å². The third-order valence-electron chi connectivity index (χ3n) is 15.7. The van der Waals surface area contributed by atoms with E-state index in [0.29, 0.717) is 0 Å². The minimum absolute atomic E-state index is 0.949. The molecular weight excluding hydrogens is 1190 g/mol. The molecule has 0 aliphatic rings. The van der Waals surface area contributed by atoms with E-state index < -0.39 is 0 Å². The minimum atomic E-state index is 0.949. The van der Waals surface area contributed by atoms with Gasteiger partial charge in [-0.3, -0.25) is 24.9 Å². The molecule has 0 saturated carbocycles. The number of aromatic nitrogens is 8. The van der Waals surface area contributed by atoms with E-state index in [0.717, 1.165) is 44.0 Å². The summed E-state index contributed by atoms with van der Waals surface area (Å²) in [7, 11) is 0. The number of pyridine rings is 4. The molecule has 0 bridgehead atoms. The monoisotopic (exact) mass is 1260 g/mol. The summed E-state index contributed by atoms with van der Waals surface area (Å²) in [6, 6.07) is 123. The highest BCUT2D eigenvalue weighted by molar-refractivity contribution is 5.98. The van der Waals surface area contributed by atoms with E-state index in [-0.39, 0.29) is 0 Å². The molecule has 0 spiro atoms. The zero-order valence-corrected chi connectivity index (χ0v) is 53.8. The van der Waals surface area contributed by atoms with Crippen LogP contribution in [0.25, 0.3) is 119 Å². The minimum Gasteiger partial charge on any atom is -0.264 e. The molecule has 0 amide bonds. The van der Waals surface area contributed by atoms with Gasteiger partial charge in [0.2, 0.25) is 0 Å². The molecule has 0 atom stereocenters. The van der Waals surface area contributed by atoms with Crippen LogP contribution in [0, 0.1) is 0 Å². The van der Waals surface area contributed by atoms with Crippen LogP contribution in [0.3, 0.4) is 0 Å². The van der Waals surface area contributed by atoms with Crippen molar-refractivity contribution >= 4 is 119 Å². The summed E-state index contributed by atoms with van der Waals surface area (Å²) in [5.41, 5.74) is 7.14. The summed E-state index contributed by atoms with van der Waals surface area (Å²) in [6.45, 7) is 0. The molecule has 0 saturated heterocycles. The van der Waals surface area contributed by atoms with Crippen molar-refractivity contribution in [3.63, 3.8) is 0 Å². The number of hydrogen-bond acceptors (Lipinski definition) is 8. The Balaban J connectivity index is 0.000000105. The number of para-hydroxylation sites is 7. The first-order valence-corrected chi connectivity index (χ1v) is 32.3. The first-order valence-electron chi connectivity index (χ1n) is 32.3. The van der Waals surface area contributed by atoms with Gasteiger partial charge < -0.3 is 0 Å². The van der Waals surface area contributed by atoms with Crippen LogP contribution in [0.15, 0.2) is 414 Å². The van der Waals surface area contributed by atoms with Crippen molar-refractivity contribution in [1.29, 1.82) is 0 Å². The lowest BCUT2D eigenvalue weighted by molar-refractivity contribution is 1.22. The fourth-order valence-corrected chi connectivity index (χ4v) is 10.8. The smallest absolute Gasteiger partial charge is 0.116 e. The summed E-state index contributed by atoms with van der Waals surface area (Å²) >= 11 is 0. The maximum Gasteiger partial charge on any atom is 0.116 e. The van der Waals surface area contributed by atoms with Gasteiger partial charge in [-0.15, -0.1) is 0 Å². The standard InChI is InChI=1S/C14H10.C13H9N.2C10H8.3C9H7N.2C8H6N2/c1-2-6-12-10-14-8-4-3-7-13(14)9-11(12)5-1;1-3-7-12-10(5-1)9-11-6-2-4-8-13(11)14-12;2*1-2-6-10-8-4-3-7-9(10)5-1;2*1-2-6-9-8(4-1)5-3-7-10-9;1-2-4-9-7-10-6-5-8(9)3-1;1-2-4-8-7(3-1)5-9-6-10-8;1-2-4-8-7(3-1)9-5-6-10-8/h1-10H;1-9H;2*1-8H;3*1-7H;2*1-6H. The molecular formula is C90H68N8. The Kier molecular flexibility index (Phi) is 22.8. The van der Waals surface area contributed by atoms with Gasteiger partial charge in [0, 0.05) is 70.3 Å². The van der Waals surface area contributed by atoms with Crippen molar-refractivity contribution in [2.75, 3.05) is 0 Å². The van der Waals surface area contributed by atoms with Crippen molar-refractivity contribution in [2.45, 2.75) is 0 Å². The van der Waals surface area contributed by atoms with Crippen LogP contribution >= 0.6 is 0 Å². The molecule has 6 aromatic heterocycles. The van der Waals surface area contributed by atoms with Gasteiger partial charge in [-0.25, -0.2) is 15.0 Å². The molecule has 0 aliphatic carbocycles. The van der Waals surface area contributed by atoms with E-state index in [1.807, 2.05) is 183 Å². The average Bonchev–Trinajstić information content (AvgIpc) is 0.847. The molecule has 8 heteroatoms. The van der Waals surface area contributed by atoms with E-state index in [4.69, 9.17) is 0 Å². The SMILES string of the molecule is c1ccc2cc3ccccc3cc2c1.c1ccc2ccccc2c1.c1ccc2ccccc2c1.c1ccc2cnccc2c1.c1ccc2nc3ccccc3cc2c1.c1ccc2ncccc2c1.c1ccc2ncccc2c1.c1ccc2nccnc2c1.c1ccc2ncncc2c1. The molecule has 20 aromatic rings. The van der Waals surface area contributed by atoms with Crippen LogP contribution in [0.2, 0.25) is 0 Å². The Hall–Kier alpha value is -13.3. The highest BCUT2D eigenvalue weighted by atomic mass is 14.8. The fourth-order valence-electron chi connectivity index (χ4n) is 10.8. The second-order valence-electron chi connectivity index (χ2n) is 22.4. The number of rotatable bonds is 0. The predicted molar refractivity (Wildman–Crippen MR) is 413 cm³/mol. The van der Waals surface area contributed by atoms with Gasteiger partial charge in [0.25, 0.3) is 0 Å². The van der Waals surface area contributed by atoms with Crippen LogP contribution in [0.4, 0.5) is 0 Å². The molecule has 0 radical (unpaired) electrons. The topological polar surface area (TPSA) is 103 Å². The number of hydrogen-bond donors (Lipinski definition) is 0. The van der Waals surface area contributed by atoms with E-state index in [1.165, 1.54) is 75.4 Å². The molecule has 0 N–H and O–H groups in total. The first kappa shape index (κ1) is 64.8. The summed E-state index contributed by atoms with van der Waals surface area (Å²) < 4.78 is 0. The zero-order chi connectivity index (χ0) is 66.4. The van der Waals surface area contributed by atoms with Gasteiger partial charge in [0.15, 0.2) is 0 Å². The van der Waals surface area contributed by atoms with Crippen LogP contribution in [0.5, 0.6) is 0 Å². The van der Waals surface area contributed by atoms with Crippen LogP contribution in [-0.4, -0.2) is 39.9 Å². The van der Waals surface area contributed by atoms with E-state index in [9.17, 15) is 0 Å². The van der Waals surface area contributed by atoms with Gasteiger partial charge in [0.05, 0.1) is 38.6 Å². The van der Waals surface area contributed by atoms with Crippen molar-refractivity contribution in [3.05, 3.63) is 414 Å². The molecule has 0 aliphatic heterocycles. The Bertz CT molecular complexity index is 4370. The van der Waals surface area contributed by atoms with Crippen molar-refractivity contribution < 1.29 is 0 Å². The van der Waals surface area contributed by atoms with Crippen LogP contribution in [0.1, 0.15) is 0 Å². The van der Waals surface area contributed by atoms with E-state index in [2.05, 4.69) is 252 Å². The summed E-state index contributed by atoms with van der Waals surface area (Å²) in [5.74, 6) is 0. The average molecular weight is 1260 g/mol. The maximum atomic E-state index is 4.58. The van der Waals surface area contributed by atoms with Crippen LogP contribution < -0.4 is 0 Å². The quantitative estimate of drug-likeness (QED) is 0.138. The number of benzene rings is 14. The normalized spacial score (nSPS) is 10.2. The van der Waals surface area contributed by atoms with E-state index >= 15 is 0 Å². The zero-order valence-electron chi connectivity index (χ0n) is 53.8. The Morgan fingerprint density at radius 1 is 0.143 bits per heavy atom. The van der Waals surface area contributed by atoms with Gasteiger partial charge in [-0.05, 0) is 133 Å². The van der Waals surface area contributed by atoms with Crippen molar-refractivity contribution in [1.82, 2.24) is 39.9 Å². The third kappa shape index (κ3) is 18.5. The largest absolute Gasteiger partial charge is 0.264 e. The second-order valence-corrected chi connectivity index (χ2v) is 22.4. The predicted octanol–water partition coefficient (Wildman–Crippen LogP) is 23.0. The molecule has 468 valence electrons. The fraction of sp³-hybridized carbons (Fsp3) is 0. The lowest BCUT2D eigenvalue weighted by Crippen LogP contribution is -1.80. The first-order chi connectivity index (χ1) is 48.6. The lowest BCUT2D eigenvalue weighted by atomic mass is 10.0. The summed E-state index contributed by atoms with van der Waals surface area (Å²) in [4.78, 5) is 33.2. The molecule has 8 nitrogen and oxygen atoms in total. The highest BCUT2D eigenvalue weighted by Gasteiger charge is 1.99. The lowest BCUT2D eigenvalue weighted by Gasteiger charge is -2.00. The number of nitrogens with zero attached hydrogens (tertiary/aromatic N) is 8. The summed E-state index contributed by atoms with van der Waals surface area (Å²) in [6.07, 6.45) is 14.1. The maximum absolute atomic E-state index is 4.58. The summed E-state index contributed by atoms with van der Waals surface area (Å²) in [5, 5.41) is 18.8. The van der Waals surface area contributed by atoms with E-state index in [1.54, 1.807) is 18.7 Å². The molecule has 14 aromatic carbocycles. The molecule has 6 heterocycles. The Morgan fingerprint density at radius 3 is 0.765 bits per heavy atom. The Morgan fingerprint density at radius 2 is 0.398 bits per heavy atom.